The summed E-state index contributed by atoms with van der Waals surface area (Å²) in [6, 6.07) is 0. The maximum absolute atomic E-state index is 13.1. The minimum Gasteiger partial charge on any atom is -0.462 e. The Kier molecular flexibility index (Phi) is 73.1. The van der Waals surface area contributed by atoms with Gasteiger partial charge in [0.05, 0.1) is 26.4 Å². The first-order chi connectivity index (χ1) is 49.7. The van der Waals surface area contributed by atoms with Crippen molar-refractivity contribution in [1.82, 2.24) is 0 Å². The van der Waals surface area contributed by atoms with Crippen molar-refractivity contribution in [2.75, 3.05) is 39.6 Å². The molecule has 0 aliphatic carbocycles. The van der Waals surface area contributed by atoms with E-state index in [0.717, 1.165) is 148 Å². The third-order valence-corrected chi connectivity index (χ3v) is 19.5. The number of ether oxygens (including phenoxy) is 4. The molecule has 594 valence electrons. The number of allylic oxidation sites excluding steroid dienone is 12. The minimum atomic E-state index is -4.99. The molecule has 0 aromatic carbocycles. The second-order valence-electron chi connectivity index (χ2n) is 27.7. The number of aliphatic hydroxyl groups excluding tert-OH is 1. The standard InChI is InChI=1S/C83H150O17P2/c1-5-9-13-17-21-25-29-33-37-38-42-44-48-52-56-60-64-68-81(86)94-74-79(100-83(88)70-66-62-58-54-50-46-41-36-32-28-24-20-16-12-8-4)76-98-102(91,92)96-72-77(84)71-95-101(89,90)97-75-78(99-82(87)69-65-61-57-53-49-45-40-35-31-27-23-19-15-11-7-3)73-93-80(85)67-63-59-55-51-47-43-39-34-30-26-22-18-14-10-6-2/h21,25,27-28,31-33,37,42,44,52,56,77-79,84H,5-20,22-24,26,29-30,34-36,38-41,43,45-51,53-55,57-76H2,1-4H3,(H,89,90)(H,91,92)/b25-21-,31-27-,32-28-,37-33-,44-42-,56-52-/t77-,78+,79+/m0/s1. The Morgan fingerprint density at radius 2 is 0.490 bits per heavy atom. The summed E-state index contributed by atoms with van der Waals surface area (Å²) in [5, 5.41) is 10.6. The molecule has 0 aliphatic heterocycles. The van der Waals surface area contributed by atoms with Crippen molar-refractivity contribution in [3.05, 3.63) is 72.9 Å². The van der Waals surface area contributed by atoms with Crippen molar-refractivity contribution in [1.29, 1.82) is 0 Å². The fourth-order valence-electron chi connectivity index (χ4n) is 11.3. The van der Waals surface area contributed by atoms with Gasteiger partial charge in [-0.1, -0.05) is 306 Å². The molecule has 17 nitrogen and oxygen atoms in total. The first kappa shape index (κ1) is 98.5. The highest BCUT2D eigenvalue weighted by Crippen LogP contribution is 2.45. The average Bonchev–Trinajstić information content (AvgIpc) is 0.923. The monoisotopic (exact) mass is 1480 g/mol. The first-order valence-electron chi connectivity index (χ1n) is 41.2. The van der Waals surface area contributed by atoms with Gasteiger partial charge in [-0.25, -0.2) is 9.13 Å². The highest BCUT2D eigenvalue weighted by atomic mass is 31.2. The van der Waals surface area contributed by atoms with Crippen LogP contribution >= 0.6 is 15.6 Å². The lowest BCUT2D eigenvalue weighted by atomic mass is 10.0. The van der Waals surface area contributed by atoms with Crippen LogP contribution in [-0.2, 0) is 65.4 Å². The van der Waals surface area contributed by atoms with E-state index >= 15 is 0 Å². The van der Waals surface area contributed by atoms with E-state index in [-0.39, 0.29) is 25.7 Å². The molecule has 0 fully saturated rings. The zero-order chi connectivity index (χ0) is 74.6. The van der Waals surface area contributed by atoms with Crippen LogP contribution in [0.1, 0.15) is 374 Å². The predicted molar refractivity (Wildman–Crippen MR) is 418 cm³/mol. The van der Waals surface area contributed by atoms with Gasteiger partial charge in [-0.05, 0) is 116 Å². The van der Waals surface area contributed by atoms with Crippen LogP contribution in [-0.4, -0.2) is 96.7 Å². The second kappa shape index (κ2) is 75.7. The second-order valence-corrected chi connectivity index (χ2v) is 30.6. The lowest BCUT2D eigenvalue weighted by molar-refractivity contribution is -0.161. The number of phosphoric acid groups is 2. The summed E-state index contributed by atoms with van der Waals surface area (Å²) in [4.78, 5) is 73.0. The fourth-order valence-corrected chi connectivity index (χ4v) is 12.9. The Hall–Kier alpha value is -3.50. The molecule has 0 aromatic rings. The molecule has 0 rings (SSSR count). The summed E-state index contributed by atoms with van der Waals surface area (Å²) < 4.78 is 68.6. The predicted octanol–water partition coefficient (Wildman–Crippen LogP) is 24.0. The fraction of sp³-hybridized carbons (Fsp3) is 0.807. The summed E-state index contributed by atoms with van der Waals surface area (Å²) in [6.45, 7) is 4.83. The van der Waals surface area contributed by atoms with Gasteiger partial charge in [0.2, 0.25) is 0 Å². The Morgan fingerprint density at radius 1 is 0.275 bits per heavy atom. The van der Waals surface area contributed by atoms with Gasteiger partial charge in [-0.3, -0.25) is 37.3 Å². The SMILES string of the molecule is CCCCC/C=C\C/C=C\C/C=C\C/C=C\CCCC(=O)OC[C@H](COP(=O)(O)OC[C@@H](O)COP(=O)(O)OC[C@@H](COC(=O)CCCCCCCCCCCCCCCCC)OC(=O)CCCCCCCCC/C=C\CCCCCC)OC(=O)CCCCCCCCC/C=C\CCCCCC. The van der Waals surface area contributed by atoms with Crippen molar-refractivity contribution in [3.63, 3.8) is 0 Å². The van der Waals surface area contributed by atoms with Gasteiger partial charge in [-0.2, -0.15) is 0 Å². The molecule has 0 heterocycles. The average molecular weight is 1480 g/mol. The topological polar surface area (TPSA) is 237 Å². The summed E-state index contributed by atoms with van der Waals surface area (Å²) in [7, 11) is -9.96. The molecular formula is C83H150O17P2. The van der Waals surface area contributed by atoms with Crippen LogP contribution in [0.4, 0.5) is 0 Å². The highest BCUT2D eigenvalue weighted by Gasteiger charge is 2.30. The number of carbonyl (C=O) groups excluding carboxylic acids is 4. The van der Waals surface area contributed by atoms with E-state index < -0.39 is 97.5 Å². The van der Waals surface area contributed by atoms with Crippen LogP contribution in [0.3, 0.4) is 0 Å². The maximum atomic E-state index is 13.1. The summed E-state index contributed by atoms with van der Waals surface area (Å²) in [5.74, 6) is -2.22. The third kappa shape index (κ3) is 74.8. The van der Waals surface area contributed by atoms with Crippen LogP contribution < -0.4 is 0 Å². The van der Waals surface area contributed by atoms with Crippen molar-refractivity contribution < 1.29 is 80.2 Å². The van der Waals surface area contributed by atoms with Crippen LogP contribution in [0.2, 0.25) is 0 Å². The lowest BCUT2D eigenvalue weighted by Gasteiger charge is -2.21. The Labute approximate surface area is 622 Å². The van der Waals surface area contributed by atoms with E-state index in [1.54, 1.807) is 0 Å². The molecule has 2 unspecified atom stereocenters. The molecule has 0 spiro atoms. The number of unbranched alkanes of at least 4 members (excludes halogenated alkanes) is 40. The van der Waals surface area contributed by atoms with Gasteiger partial charge in [-0.15, -0.1) is 0 Å². The van der Waals surface area contributed by atoms with Gasteiger partial charge >= 0.3 is 39.5 Å². The number of esters is 4. The normalized spacial score (nSPS) is 14.2. The number of phosphoric ester groups is 2. The quantitative estimate of drug-likeness (QED) is 0.0169. The Bertz CT molecular complexity index is 2210. The van der Waals surface area contributed by atoms with Crippen LogP contribution in [0.25, 0.3) is 0 Å². The van der Waals surface area contributed by atoms with Crippen LogP contribution in [0.15, 0.2) is 72.9 Å². The molecular weight excluding hydrogens is 1330 g/mol. The smallest absolute Gasteiger partial charge is 0.462 e. The van der Waals surface area contributed by atoms with E-state index in [1.807, 2.05) is 12.2 Å². The Balaban J connectivity index is 5.38. The minimum absolute atomic E-state index is 0.0810. The maximum Gasteiger partial charge on any atom is 0.472 e. The molecule has 102 heavy (non-hydrogen) atoms. The summed E-state index contributed by atoms with van der Waals surface area (Å²) in [6.07, 6.45) is 77.3. The van der Waals surface area contributed by atoms with Crippen molar-refractivity contribution >= 4 is 39.5 Å². The summed E-state index contributed by atoms with van der Waals surface area (Å²) in [5.41, 5.74) is 0. The third-order valence-electron chi connectivity index (χ3n) is 17.6. The lowest BCUT2D eigenvalue weighted by Crippen LogP contribution is -2.30. The molecule has 19 heteroatoms. The zero-order valence-electron chi connectivity index (χ0n) is 65.0. The van der Waals surface area contributed by atoms with Crippen LogP contribution in [0, 0.1) is 0 Å². The zero-order valence-corrected chi connectivity index (χ0v) is 66.8. The number of rotatable bonds is 78. The Morgan fingerprint density at radius 3 is 0.814 bits per heavy atom. The van der Waals surface area contributed by atoms with Crippen molar-refractivity contribution in [2.45, 2.75) is 393 Å². The molecule has 0 aliphatic rings. The van der Waals surface area contributed by atoms with Gasteiger partial charge in [0.15, 0.2) is 12.2 Å². The van der Waals surface area contributed by atoms with E-state index in [2.05, 4.69) is 88.5 Å². The highest BCUT2D eigenvalue weighted by molar-refractivity contribution is 7.47. The molecule has 0 radical (unpaired) electrons. The van der Waals surface area contributed by atoms with Crippen molar-refractivity contribution in [2.24, 2.45) is 0 Å². The van der Waals surface area contributed by atoms with Crippen LogP contribution in [0.5, 0.6) is 0 Å². The molecule has 0 saturated carbocycles. The number of aliphatic hydroxyl groups is 1. The largest absolute Gasteiger partial charge is 0.472 e. The molecule has 0 bridgehead atoms. The van der Waals surface area contributed by atoms with Gasteiger partial charge < -0.3 is 33.8 Å². The van der Waals surface area contributed by atoms with Gasteiger partial charge in [0, 0.05) is 25.7 Å². The van der Waals surface area contributed by atoms with E-state index in [0.29, 0.717) is 32.1 Å². The van der Waals surface area contributed by atoms with E-state index in [1.165, 1.54) is 141 Å². The van der Waals surface area contributed by atoms with E-state index in [9.17, 15) is 43.2 Å². The van der Waals surface area contributed by atoms with Gasteiger partial charge in [0.25, 0.3) is 0 Å². The molecule has 0 aromatic heterocycles. The molecule has 5 atom stereocenters. The summed E-state index contributed by atoms with van der Waals surface area (Å²) >= 11 is 0. The molecule has 0 saturated heterocycles. The van der Waals surface area contributed by atoms with Gasteiger partial charge in [0.1, 0.15) is 19.3 Å². The first-order valence-corrected chi connectivity index (χ1v) is 44.2. The molecule has 0 amide bonds. The number of hydrogen-bond acceptors (Lipinski definition) is 15. The van der Waals surface area contributed by atoms with E-state index in [4.69, 9.17) is 37.0 Å². The van der Waals surface area contributed by atoms with Crippen molar-refractivity contribution in [3.8, 4) is 0 Å². The number of carbonyl (C=O) groups is 4. The molecule has 3 N–H and O–H groups in total. The number of hydrogen-bond donors (Lipinski definition) is 3.